The van der Waals surface area contributed by atoms with Crippen molar-refractivity contribution in [2.45, 2.75) is 0 Å². The minimum Gasteiger partial charge on any atom is -0.328 e. The Kier molecular flexibility index (Phi) is 2.46. The third-order valence-electron chi connectivity index (χ3n) is 2.17. The fourth-order valence-corrected chi connectivity index (χ4v) is 1.45. The summed E-state index contributed by atoms with van der Waals surface area (Å²) in [6.45, 7) is 0. The fraction of sp³-hybridized carbons (Fsp3) is 0. The number of carbonyl (C=O) groups is 1. The minimum atomic E-state index is -0.267. The molecule has 1 heterocycles. The molecule has 0 fully saturated rings. The molecule has 0 atom stereocenters. The van der Waals surface area contributed by atoms with Gasteiger partial charge in [0.2, 0.25) is 5.56 Å². The number of benzene rings is 1. The second-order valence-electron chi connectivity index (χ2n) is 3.15. The Balaban J connectivity index is 2.63. The van der Waals surface area contributed by atoms with Crippen LogP contribution in [0, 0.1) is 0 Å². The van der Waals surface area contributed by atoms with Crippen LogP contribution in [0.4, 0.5) is 0 Å². The van der Waals surface area contributed by atoms with Gasteiger partial charge in [0.1, 0.15) is 0 Å². The van der Waals surface area contributed by atoms with Crippen LogP contribution in [0.1, 0.15) is 10.4 Å². The molecular formula is C12H9NO2. The molecule has 0 amide bonds. The van der Waals surface area contributed by atoms with Crippen LogP contribution in [-0.4, -0.2) is 11.3 Å². The van der Waals surface area contributed by atoms with E-state index in [0.717, 1.165) is 11.1 Å². The Bertz CT molecular complexity index is 529. The van der Waals surface area contributed by atoms with E-state index in [1.807, 2.05) is 30.3 Å². The summed E-state index contributed by atoms with van der Waals surface area (Å²) < 4.78 is 0. The molecule has 3 heteroatoms. The van der Waals surface area contributed by atoms with Gasteiger partial charge in [-0.05, 0) is 5.56 Å². The van der Waals surface area contributed by atoms with Gasteiger partial charge < -0.3 is 4.98 Å². The molecule has 1 aromatic heterocycles. The van der Waals surface area contributed by atoms with E-state index in [9.17, 15) is 9.59 Å². The molecule has 0 radical (unpaired) electrons. The number of hydrogen-bond acceptors (Lipinski definition) is 2. The lowest BCUT2D eigenvalue weighted by molar-refractivity contribution is 0.112. The molecule has 0 saturated heterocycles. The van der Waals surface area contributed by atoms with Crippen LogP contribution in [0.3, 0.4) is 0 Å². The molecule has 74 valence electrons. The van der Waals surface area contributed by atoms with Crippen LogP contribution in [-0.2, 0) is 0 Å². The number of hydrogen-bond donors (Lipinski definition) is 1. The van der Waals surface area contributed by atoms with Crippen molar-refractivity contribution in [3.63, 3.8) is 0 Å². The zero-order chi connectivity index (χ0) is 10.7. The van der Waals surface area contributed by atoms with E-state index in [2.05, 4.69) is 4.98 Å². The van der Waals surface area contributed by atoms with Gasteiger partial charge in [-0.25, -0.2) is 0 Å². The number of pyridine rings is 1. The van der Waals surface area contributed by atoms with Crippen molar-refractivity contribution in [3.05, 3.63) is 58.5 Å². The van der Waals surface area contributed by atoms with Crippen molar-refractivity contribution in [1.29, 1.82) is 0 Å². The predicted octanol–water partition coefficient (Wildman–Crippen LogP) is 1.85. The SMILES string of the molecule is O=Cc1cc(=O)[nH]cc1-c1ccccc1. The highest BCUT2D eigenvalue weighted by Crippen LogP contribution is 2.19. The van der Waals surface area contributed by atoms with Crippen LogP contribution in [0.15, 0.2) is 47.4 Å². The number of rotatable bonds is 2. The van der Waals surface area contributed by atoms with Gasteiger partial charge in [0.05, 0.1) is 0 Å². The predicted molar refractivity (Wildman–Crippen MR) is 57.9 cm³/mol. The average Bonchev–Trinajstić information content (AvgIpc) is 2.30. The number of aldehydes is 1. The lowest BCUT2D eigenvalue weighted by atomic mass is 10.0. The second-order valence-corrected chi connectivity index (χ2v) is 3.15. The summed E-state index contributed by atoms with van der Waals surface area (Å²) in [5.74, 6) is 0. The Hall–Kier alpha value is -2.16. The van der Waals surface area contributed by atoms with Crippen LogP contribution in [0.5, 0.6) is 0 Å². The summed E-state index contributed by atoms with van der Waals surface area (Å²) in [5.41, 5.74) is 1.79. The molecule has 0 aliphatic rings. The van der Waals surface area contributed by atoms with Crippen molar-refractivity contribution in [1.82, 2.24) is 4.98 Å². The maximum absolute atomic E-state index is 11.0. The third kappa shape index (κ3) is 1.86. The number of aromatic nitrogens is 1. The topological polar surface area (TPSA) is 49.9 Å². The molecule has 15 heavy (non-hydrogen) atoms. The molecule has 0 spiro atoms. The monoisotopic (exact) mass is 199 g/mol. The molecule has 1 N–H and O–H groups in total. The Morgan fingerprint density at radius 1 is 1.13 bits per heavy atom. The van der Waals surface area contributed by atoms with E-state index >= 15 is 0 Å². The van der Waals surface area contributed by atoms with Crippen LogP contribution in [0.25, 0.3) is 11.1 Å². The minimum absolute atomic E-state index is 0.267. The number of aromatic amines is 1. The van der Waals surface area contributed by atoms with Crippen LogP contribution in [0.2, 0.25) is 0 Å². The molecule has 3 nitrogen and oxygen atoms in total. The lowest BCUT2D eigenvalue weighted by Gasteiger charge is -2.03. The summed E-state index contributed by atoms with van der Waals surface area (Å²) >= 11 is 0. The van der Waals surface area contributed by atoms with Gasteiger partial charge in [0.25, 0.3) is 0 Å². The number of nitrogens with one attached hydrogen (secondary N) is 1. The van der Waals surface area contributed by atoms with Gasteiger partial charge >= 0.3 is 0 Å². The van der Waals surface area contributed by atoms with Gasteiger partial charge in [0.15, 0.2) is 6.29 Å². The van der Waals surface area contributed by atoms with E-state index < -0.39 is 0 Å². The number of H-pyrrole nitrogens is 1. The van der Waals surface area contributed by atoms with Crippen LogP contribution >= 0.6 is 0 Å². The Morgan fingerprint density at radius 3 is 2.53 bits per heavy atom. The Labute approximate surface area is 86.4 Å². The van der Waals surface area contributed by atoms with Gasteiger partial charge in [-0.1, -0.05) is 30.3 Å². The molecule has 0 unspecified atom stereocenters. The molecular weight excluding hydrogens is 190 g/mol. The third-order valence-corrected chi connectivity index (χ3v) is 2.17. The van der Waals surface area contributed by atoms with Crippen molar-refractivity contribution < 1.29 is 4.79 Å². The first-order chi connectivity index (χ1) is 7.31. The normalized spacial score (nSPS) is 9.87. The van der Waals surface area contributed by atoms with Gasteiger partial charge in [-0.3, -0.25) is 9.59 Å². The molecule has 0 saturated carbocycles. The highest BCUT2D eigenvalue weighted by atomic mass is 16.1. The van der Waals surface area contributed by atoms with Crippen molar-refractivity contribution in [2.24, 2.45) is 0 Å². The summed E-state index contributed by atoms with van der Waals surface area (Å²) in [5, 5.41) is 0. The van der Waals surface area contributed by atoms with E-state index in [-0.39, 0.29) is 5.56 Å². The molecule has 0 bridgehead atoms. The Morgan fingerprint density at radius 2 is 1.87 bits per heavy atom. The maximum atomic E-state index is 11.0. The van der Waals surface area contributed by atoms with E-state index in [1.54, 1.807) is 6.20 Å². The highest BCUT2D eigenvalue weighted by Gasteiger charge is 2.04. The summed E-state index contributed by atoms with van der Waals surface area (Å²) in [6.07, 6.45) is 2.25. The number of carbonyl (C=O) groups excluding carboxylic acids is 1. The highest BCUT2D eigenvalue weighted by molar-refractivity contribution is 5.86. The molecule has 2 aromatic rings. The quantitative estimate of drug-likeness (QED) is 0.750. The van der Waals surface area contributed by atoms with Gasteiger partial charge in [-0.15, -0.1) is 0 Å². The first-order valence-corrected chi connectivity index (χ1v) is 4.54. The lowest BCUT2D eigenvalue weighted by Crippen LogP contribution is -2.05. The first kappa shape index (κ1) is 9.40. The van der Waals surface area contributed by atoms with Gasteiger partial charge in [-0.2, -0.15) is 0 Å². The zero-order valence-corrected chi connectivity index (χ0v) is 7.94. The van der Waals surface area contributed by atoms with Crippen molar-refractivity contribution in [3.8, 4) is 11.1 Å². The summed E-state index contributed by atoms with van der Waals surface area (Å²) in [7, 11) is 0. The molecule has 2 rings (SSSR count). The fourth-order valence-electron chi connectivity index (χ4n) is 1.45. The molecule has 0 aliphatic heterocycles. The molecule has 1 aromatic carbocycles. The standard InChI is InChI=1S/C12H9NO2/c14-8-10-6-12(15)13-7-11(10)9-4-2-1-3-5-9/h1-8H,(H,13,15). The first-order valence-electron chi connectivity index (χ1n) is 4.54. The average molecular weight is 199 g/mol. The largest absolute Gasteiger partial charge is 0.328 e. The maximum Gasteiger partial charge on any atom is 0.248 e. The zero-order valence-electron chi connectivity index (χ0n) is 7.94. The smallest absolute Gasteiger partial charge is 0.248 e. The van der Waals surface area contributed by atoms with Crippen LogP contribution < -0.4 is 5.56 Å². The summed E-state index contributed by atoms with van der Waals surface area (Å²) in [4.78, 5) is 24.4. The summed E-state index contributed by atoms with van der Waals surface area (Å²) in [6, 6.07) is 10.7. The second kappa shape index (κ2) is 3.92. The van der Waals surface area contributed by atoms with Gasteiger partial charge in [0, 0.05) is 23.4 Å². The van der Waals surface area contributed by atoms with E-state index in [0.29, 0.717) is 11.8 Å². The van der Waals surface area contributed by atoms with Crippen molar-refractivity contribution in [2.75, 3.05) is 0 Å². The molecule has 0 aliphatic carbocycles. The van der Waals surface area contributed by atoms with E-state index in [1.165, 1.54) is 6.07 Å². The van der Waals surface area contributed by atoms with E-state index in [4.69, 9.17) is 0 Å². The van der Waals surface area contributed by atoms with Crippen molar-refractivity contribution >= 4 is 6.29 Å².